The lowest BCUT2D eigenvalue weighted by Gasteiger charge is -2.06. The van der Waals surface area contributed by atoms with Crippen LogP contribution in [0.4, 0.5) is 0 Å². The van der Waals surface area contributed by atoms with E-state index in [9.17, 15) is 0 Å². The maximum atomic E-state index is 6.55. The molecule has 0 aliphatic rings. The first-order chi connectivity index (χ1) is 15.2. The molecule has 5 aromatic rings. The van der Waals surface area contributed by atoms with Crippen molar-refractivity contribution in [3.8, 4) is 45.0 Å². The number of imidazole rings is 1. The molecule has 1 N–H and O–H groups in total. The smallest absolute Gasteiger partial charge is 0.138 e. The van der Waals surface area contributed by atoms with Crippen LogP contribution in [0.25, 0.3) is 45.0 Å². The van der Waals surface area contributed by atoms with Gasteiger partial charge in [-0.05, 0) is 17.2 Å². The zero-order valence-corrected chi connectivity index (χ0v) is 18.0. The highest BCUT2D eigenvalue weighted by Crippen LogP contribution is 2.39. The highest BCUT2D eigenvalue weighted by molar-refractivity contribution is 6.43. The molecule has 0 atom stereocenters. The molecule has 0 unspecified atom stereocenters. The molecule has 31 heavy (non-hydrogen) atoms. The van der Waals surface area contributed by atoms with E-state index in [1.165, 1.54) is 5.56 Å². The predicted molar refractivity (Wildman–Crippen MR) is 130 cm³/mol. The van der Waals surface area contributed by atoms with Crippen LogP contribution < -0.4 is 0 Å². The van der Waals surface area contributed by atoms with Gasteiger partial charge in [0.15, 0.2) is 0 Å². The molecule has 0 saturated carbocycles. The summed E-state index contributed by atoms with van der Waals surface area (Å²) in [6.07, 6.45) is 0. The van der Waals surface area contributed by atoms with Crippen LogP contribution in [0, 0.1) is 0 Å². The number of nitrogens with zero attached hydrogens (tertiary/aromatic N) is 1. The predicted octanol–water partition coefficient (Wildman–Crippen LogP) is 8.38. The summed E-state index contributed by atoms with van der Waals surface area (Å²) in [6, 6.07) is 34.4. The molecule has 0 spiro atoms. The van der Waals surface area contributed by atoms with Crippen LogP contribution in [0.3, 0.4) is 0 Å². The summed E-state index contributed by atoms with van der Waals surface area (Å²) < 4.78 is 0. The maximum absolute atomic E-state index is 6.55. The van der Waals surface area contributed by atoms with Gasteiger partial charge in [0, 0.05) is 16.7 Å². The van der Waals surface area contributed by atoms with E-state index in [2.05, 4.69) is 41.4 Å². The molecule has 4 heteroatoms. The molecule has 4 aromatic carbocycles. The van der Waals surface area contributed by atoms with Crippen molar-refractivity contribution >= 4 is 23.2 Å². The summed E-state index contributed by atoms with van der Waals surface area (Å²) in [4.78, 5) is 8.43. The lowest BCUT2D eigenvalue weighted by molar-refractivity contribution is 1.31. The molecule has 0 amide bonds. The molecule has 1 aromatic heterocycles. The molecule has 0 aliphatic carbocycles. The van der Waals surface area contributed by atoms with E-state index in [-0.39, 0.29) is 0 Å². The van der Waals surface area contributed by atoms with E-state index in [1.807, 2.05) is 60.7 Å². The number of H-pyrrole nitrogens is 1. The first kappa shape index (κ1) is 19.6. The van der Waals surface area contributed by atoms with Crippen molar-refractivity contribution in [2.75, 3.05) is 0 Å². The van der Waals surface area contributed by atoms with Gasteiger partial charge in [0.25, 0.3) is 0 Å². The second-order valence-corrected chi connectivity index (χ2v) is 8.00. The minimum Gasteiger partial charge on any atom is -0.337 e. The average Bonchev–Trinajstić information content (AvgIpc) is 3.27. The average molecular weight is 441 g/mol. The fourth-order valence-electron chi connectivity index (χ4n) is 3.66. The Morgan fingerprint density at radius 2 is 1.13 bits per heavy atom. The normalized spacial score (nSPS) is 10.9. The van der Waals surface area contributed by atoms with Crippen LogP contribution in [-0.2, 0) is 0 Å². The minimum atomic E-state index is 0.510. The molecule has 5 rings (SSSR count). The van der Waals surface area contributed by atoms with Crippen molar-refractivity contribution in [3.05, 3.63) is 113 Å². The molecule has 2 nitrogen and oxygen atoms in total. The van der Waals surface area contributed by atoms with Gasteiger partial charge in [0.2, 0.25) is 0 Å². The van der Waals surface area contributed by atoms with Gasteiger partial charge in [0.1, 0.15) is 5.82 Å². The zero-order valence-electron chi connectivity index (χ0n) is 16.5. The summed E-state index contributed by atoms with van der Waals surface area (Å²) in [5.74, 6) is 0.782. The number of halogens is 2. The Bertz CT molecular complexity index is 1330. The molecule has 0 saturated heterocycles. The fourth-order valence-corrected chi connectivity index (χ4v) is 4.05. The van der Waals surface area contributed by atoms with Crippen LogP contribution in [0.2, 0.25) is 10.0 Å². The van der Waals surface area contributed by atoms with Gasteiger partial charge in [-0.25, -0.2) is 4.98 Å². The van der Waals surface area contributed by atoms with Crippen LogP contribution in [0.15, 0.2) is 103 Å². The summed E-state index contributed by atoms with van der Waals surface area (Å²) in [5, 5.41) is 1.03. The molecule has 0 fully saturated rings. The Hall–Kier alpha value is -3.33. The second-order valence-electron chi connectivity index (χ2n) is 7.22. The highest BCUT2D eigenvalue weighted by atomic mass is 35.5. The quantitative estimate of drug-likeness (QED) is 0.298. The molecule has 0 aliphatic heterocycles. The standard InChI is InChI=1S/C27H18Cl2N2/c28-23-13-7-12-22(24(23)29)26-25(20-10-5-2-6-11-20)30-27(31-26)21-16-14-19(15-17-21)18-8-3-1-4-9-18/h1-17H,(H,30,31). The number of hydrogen-bond donors (Lipinski definition) is 1. The molecule has 0 radical (unpaired) electrons. The molecule has 0 bridgehead atoms. The first-order valence-corrected chi connectivity index (χ1v) is 10.7. The maximum Gasteiger partial charge on any atom is 0.138 e. The number of rotatable bonds is 4. The number of aromatic nitrogens is 2. The molecular weight excluding hydrogens is 423 g/mol. The summed E-state index contributed by atoms with van der Waals surface area (Å²) in [5.41, 5.74) is 6.88. The third-order valence-corrected chi connectivity index (χ3v) is 6.06. The third kappa shape index (κ3) is 3.88. The van der Waals surface area contributed by atoms with Crippen molar-refractivity contribution in [3.63, 3.8) is 0 Å². The van der Waals surface area contributed by atoms with Gasteiger partial charge >= 0.3 is 0 Å². The fraction of sp³-hybridized carbons (Fsp3) is 0. The molecule has 1 heterocycles. The SMILES string of the molecule is Clc1cccc(-c2[nH]c(-c3ccc(-c4ccccc4)cc3)nc2-c2ccccc2)c1Cl. The van der Waals surface area contributed by atoms with E-state index in [0.29, 0.717) is 10.0 Å². The van der Waals surface area contributed by atoms with E-state index < -0.39 is 0 Å². The lowest BCUT2D eigenvalue weighted by Crippen LogP contribution is -1.85. The van der Waals surface area contributed by atoms with Gasteiger partial charge in [-0.3, -0.25) is 0 Å². The summed E-state index contributed by atoms with van der Waals surface area (Å²) in [7, 11) is 0. The Labute approximate surface area is 191 Å². The zero-order chi connectivity index (χ0) is 21.2. The van der Waals surface area contributed by atoms with E-state index in [4.69, 9.17) is 28.2 Å². The monoisotopic (exact) mass is 440 g/mol. The Morgan fingerprint density at radius 3 is 1.81 bits per heavy atom. The second kappa shape index (κ2) is 8.43. The van der Waals surface area contributed by atoms with Gasteiger partial charge < -0.3 is 4.98 Å². The van der Waals surface area contributed by atoms with Crippen LogP contribution in [0.1, 0.15) is 0 Å². The Morgan fingerprint density at radius 1 is 0.548 bits per heavy atom. The van der Waals surface area contributed by atoms with Crippen molar-refractivity contribution < 1.29 is 0 Å². The number of benzene rings is 4. The molecular formula is C27H18Cl2N2. The van der Waals surface area contributed by atoms with Crippen molar-refractivity contribution in [1.82, 2.24) is 9.97 Å². The number of aromatic amines is 1. The largest absolute Gasteiger partial charge is 0.337 e. The van der Waals surface area contributed by atoms with E-state index >= 15 is 0 Å². The molecule has 150 valence electrons. The van der Waals surface area contributed by atoms with E-state index in [1.54, 1.807) is 6.07 Å². The van der Waals surface area contributed by atoms with E-state index in [0.717, 1.165) is 39.5 Å². The van der Waals surface area contributed by atoms with Crippen molar-refractivity contribution in [1.29, 1.82) is 0 Å². The number of nitrogens with one attached hydrogen (secondary N) is 1. The summed E-state index contributed by atoms with van der Waals surface area (Å²) >= 11 is 12.8. The van der Waals surface area contributed by atoms with Crippen molar-refractivity contribution in [2.45, 2.75) is 0 Å². The first-order valence-electron chi connectivity index (χ1n) is 9.96. The van der Waals surface area contributed by atoms with Gasteiger partial charge in [-0.1, -0.05) is 120 Å². The van der Waals surface area contributed by atoms with Crippen molar-refractivity contribution in [2.24, 2.45) is 0 Å². The van der Waals surface area contributed by atoms with Crippen LogP contribution in [0.5, 0.6) is 0 Å². The Kier molecular flexibility index (Phi) is 5.33. The third-order valence-electron chi connectivity index (χ3n) is 5.24. The van der Waals surface area contributed by atoms with Gasteiger partial charge in [-0.15, -0.1) is 0 Å². The number of hydrogen-bond acceptors (Lipinski definition) is 1. The van der Waals surface area contributed by atoms with Gasteiger partial charge in [-0.2, -0.15) is 0 Å². The Balaban J connectivity index is 1.62. The summed E-state index contributed by atoms with van der Waals surface area (Å²) in [6.45, 7) is 0. The minimum absolute atomic E-state index is 0.510. The van der Waals surface area contributed by atoms with Crippen LogP contribution >= 0.6 is 23.2 Å². The lowest BCUT2D eigenvalue weighted by atomic mass is 10.0. The highest BCUT2D eigenvalue weighted by Gasteiger charge is 2.18. The van der Waals surface area contributed by atoms with Crippen LogP contribution in [-0.4, -0.2) is 9.97 Å². The van der Waals surface area contributed by atoms with Gasteiger partial charge in [0.05, 0.1) is 21.4 Å². The topological polar surface area (TPSA) is 28.7 Å².